The number of aromatic nitrogens is 2. The fraction of sp³-hybridized carbons (Fsp3) is 0.250. The summed E-state index contributed by atoms with van der Waals surface area (Å²) in [6.07, 6.45) is 0. The van der Waals surface area contributed by atoms with Gasteiger partial charge in [-0.05, 0) is 19.1 Å². The number of hydrogen-bond donors (Lipinski definition) is 1. The van der Waals surface area contributed by atoms with Gasteiger partial charge in [-0.2, -0.15) is 0 Å². The number of nitrogens with two attached hydrogens (primary N) is 1. The van der Waals surface area contributed by atoms with Gasteiger partial charge in [0.15, 0.2) is 0 Å². The molecule has 0 aliphatic rings. The summed E-state index contributed by atoms with van der Waals surface area (Å²) in [5, 5.41) is 0. The van der Waals surface area contributed by atoms with E-state index in [0.717, 1.165) is 6.07 Å². The number of rotatable bonds is 2. The second-order valence-electron chi connectivity index (χ2n) is 3.85. The van der Waals surface area contributed by atoms with Crippen molar-refractivity contribution in [2.75, 3.05) is 0 Å². The molecule has 0 saturated heterocycles. The predicted octanol–water partition coefficient (Wildman–Crippen LogP) is 2.13. The van der Waals surface area contributed by atoms with E-state index in [0.29, 0.717) is 22.8 Å². The highest BCUT2D eigenvalue weighted by Crippen LogP contribution is 2.26. The molecule has 0 amide bonds. The first-order valence-corrected chi connectivity index (χ1v) is 5.22. The molecular weight excluding hydrogens is 224 g/mol. The van der Waals surface area contributed by atoms with Crippen LogP contribution in [0.25, 0.3) is 11.3 Å². The Morgan fingerprint density at radius 2 is 2.06 bits per heavy atom. The SMILES string of the molecule is Cc1nc(CN)n(C)c1-c1ccc(F)cc1F. The average Bonchev–Trinajstić information content (AvgIpc) is 2.55. The quantitative estimate of drug-likeness (QED) is 0.869. The highest BCUT2D eigenvalue weighted by Gasteiger charge is 2.16. The van der Waals surface area contributed by atoms with Crippen molar-refractivity contribution in [2.45, 2.75) is 13.5 Å². The zero-order valence-corrected chi connectivity index (χ0v) is 9.67. The standard InChI is InChI=1S/C12H13F2N3/c1-7-12(17(2)11(6-15)16-7)9-4-3-8(13)5-10(9)14/h3-5H,6,15H2,1-2H3. The number of benzene rings is 1. The molecule has 3 nitrogen and oxygen atoms in total. The third-order valence-corrected chi connectivity index (χ3v) is 2.73. The molecule has 1 aromatic heterocycles. The summed E-state index contributed by atoms with van der Waals surface area (Å²) in [6, 6.07) is 3.51. The van der Waals surface area contributed by atoms with Gasteiger partial charge in [-0.25, -0.2) is 13.8 Å². The van der Waals surface area contributed by atoms with E-state index < -0.39 is 11.6 Å². The third-order valence-electron chi connectivity index (χ3n) is 2.73. The van der Waals surface area contributed by atoms with Crippen molar-refractivity contribution in [2.24, 2.45) is 12.8 Å². The van der Waals surface area contributed by atoms with Crippen molar-refractivity contribution in [1.82, 2.24) is 9.55 Å². The number of hydrogen-bond acceptors (Lipinski definition) is 2. The monoisotopic (exact) mass is 237 g/mol. The number of nitrogens with zero attached hydrogens (tertiary/aromatic N) is 2. The molecule has 0 fully saturated rings. The van der Waals surface area contributed by atoms with E-state index in [1.165, 1.54) is 12.1 Å². The lowest BCUT2D eigenvalue weighted by molar-refractivity contribution is 0.584. The van der Waals surface area contributed by atoms with Crippen LogP contribution in [0, 0.1) is 18.6 Å². The molecule has 0 aliphatic heterocycles. The Bertz CT molecular complexity index is 561. The lowest BCUT2D eigenvalue weighted by Gasteiger charge is -2.07. The Morgan fingerprint density at radius 1 is 1.35 bits per heavy atom. The molecule has 0 saturated carbocycles. The summed E-state index contributed by atoms with van der Waals surface area (Å²) < 4.78 is 28.3. The molecule has 0 aliphatic carbocycles. The van der Waals surface area contributed by atoms with E-state index in [-0.39, 0.29) is 6.54 Å². The minimum atomic E-state index is -0.598. The van der Waals surface area contributed by atoms with E-state index in [9.17, 15) is 8.78 Å². The average molecular weight is 237 g/mol. The fourth-order valence-electron chi connectivity index (χ4n) is 1.93. The van der Waals surface area contributed by atoms with Crippen molar-refractivity contribution in [3.8, 4) is 11.3 Å². The molecule has 2 N–H and O–H groups in total. The maximum absolute atomic E-state index is 13.7. The van der Waals surface area contributed by atoms with Crippen molar-refractivity contribution >= 4 is 0 Å². The summed E-state index contributed by atoms with van der Waals surface area (Å²) in [5.74, 6) is -0.522. The molecule has 0 radical (unpaired) electrons. The fourth-order valence-corrected chi connectivity index (χ4v) is 1.93. The normalized spacial score (nSPS) is 10.9. The minimum Gasteiger partial charge on any atom is -0.330 e. The molecule has 0 atom stereocenters. The first-order chi connectivity index (χ1) is 8.04. The summed E-state index contributed by atoms with van der Waals surface area (Å²) in [6.45, 7) is 2.05. The van der Waals surface area contributed by atoms with Crippen LogP contribution in [0.2, 0.25) is 0 Å². The summed E-state index contributed by atoms with van der Waals surface area (Å²) in [5.41, 5.74) is 7.17. The molecule has 1 heterocycles. The number of halogens is 2. The van der Waals surface area contributed by atoms with Crippen LogP contribution >= 0.6 is 0 Å². The van der Waals surface area contributed by atoms with E-state index in [2.05, 4.69) is 4.98 Å². The first kappa shape index (κ1) is 11.7. The maximum Gasteiger partial charge on any atom is 0.135 e. The summed E-state index contributed by atoms with van der Waals surface area (Å²) >= 11 is 0. The van der Waals surface area contributed by atoms with E-state index >= 15 is 0 Å². The summed E-state index contributed by atoms with van der Waals surface area (Å²) in [4.78, 5) is 4.25. The van der Waals surface area contributed by atoms with Crippen LogP contribution in [0.4, 0.5) is 8.78 Å². The minimum absolute atomic E-state index is 0.278. The molecule has 2 rings (SSSR count). The first-order valence-electron chi connectivity index (χ1n) is 5.22. The number of aryl methyl sites for hydroxylation is 1. The van der Waals surface area contributed by atoms with Gasteiger partial charge in [-0.1, -0.05) is 0 Å². The van der Waals surface area contributed by atoms with Crippen LogP contribution in [-0.2, 0) is 13.6 Å². The third kappa shape index (κ3) is 1.93. The lowest BCUT2D eigenvalue weighted by atomic mass is 10.1. The lowest BCUT2D eigenvalue weighted by Crippen LogP contribution is -2.05. The Kier molecular flexibility index (Phi) is 2.93. The molecule has 0 unspecified atom stereocenters. The highest BCUT2D eigenvalue weighted by molar-refractivity contribution is 5.63. The largest absolute Gasteiger partial charge is 0.330 e. The van der Waals surface area contributed by atoms with E-state index in [4.69, 9.17) is 5.73 Å². The van der Waals surface area contributed by atoms with Crippen LogP contribution in [-0.4, -0.2) is 9.55 Å². The van der Waals surface area contributed by atoms with Crippen LogP contribution < -0.4 is 5.73 Å². The van der Waals surface area contributed by atoms with Gasteiger partial charge in [-0.15, -0.1) is 0 Å². The molecule has 0 bridgehead atoms. The zero-order chi connectivity index (χ0) is 12.6. The van der Waals surface area contributed by atoms with Crippen molar-refractivity contribution in [3.05, 3.63) is 41.4 Å². The summed E-state index contributed by atoms with van der Waals surface area (Å²) in [7, 11) is 1.76. The predicted molar refractivity (Wildman–Crippen MR) is 61.2 cm³/mol. The van der Waals surface area contributed by atoms with Gasteiger partial charge in [0.2, 0.25) is 0 Å². The van der Waals surface area contributed by atoms with Gasteiger partial charge < -0.3 is 10.3 Å². The molecule has 1 aromatic carbocycles. The molecular formula is C12H13F2N3. The van der Waals surface area contributed by atoms with Crippen LogP contribution in [0.1, 0.15) is 11.5 Å². The molecule has 0 spiro atoms. The van der Waals surface area contributed by atoms with Gasteiger partial charge in [0.25, 0.3) is 0 Å². The van der Waals surface area contributed by atoms with Crippen LogP contribution in [0.3, 0.4) is 0 Å². The number of imidazole rings is 1. The Hall–Kier alpha value is -1.75. The second kappa shape index (κ2) is 4.25. The topological polar surface area (TPSA) is 43.8 Å². The molecule has 90 valence electrons. The Balaban J connectivity index is 2.64. The Labute approximate surface area is 97.9 Å². The van der Waals surface area contributed by atoms with Gasteiger partial charge in [0.05, 0.1) is 17.9 Å². The van der Waals surface area contributed by atoms with Crippen molar-refractivity contribution < 1.29 is 8.78 Å². The Morgan fingerprint density at radius 3 is 2.59 bits per heavy atom. The van der Waals surface area contributed by atoms with Crippen LogP contribution in [0.5, 0.6) is 0 Å². The zero-order valence-electron chi connectivity index (χ0n) is 9.67. The van der Waals surface area contributed by atoms with Crippen molar-refractivity contribution in [3.63, 3.8) is 0 Å². The maximum atomic E-state index is 13.7. The van der Waals surface area contributed by atoms with Gasteiger partial charge in [0.1, 0.15) is 17.5 Å². The van der Waals surface area contributed by atoms with E-state index in [1.807, 2.05) is 0 Å². The van der Waals surface area contributed by atoms with Crippen LogP contribution in [0.15, 0.2) is 18.2 Å². The molecule has 17 heavy (non-hydrogen) atoms. The smallest absolute Gasteiger partial charge is 0.135 e. The highest BCUT2D eigenvalue weighted by atomic mass is 19.1. The second-order valence-corrected chi connectivity index (χ2v) is 3.85. The van der Waals surface area contributed by atoms with Crippen molar-refractivity contribution in [1.29, 1.82) is 0 Å². The molecule has 2 aromatic rings. The van der Waals surface area contributed by atoms with Gasteiger partial charge in [0, 0.05) is 18.7 Å². The molecule has 5 heteroatoms. The van der Waals surface area contributed by atoms with E-state index in [1.54, 1.807) is 18.5 Å². The van der Waals surface area contributed by atoms with Gasteiger partial charge in [-0.3, -0.25) is 0 Å². The van der Waals surface area contributed by atoms with Gasteiger partial charge >= 0.3 is 0 Å².